The van der Waals surface area contributed by atoms with Crippen LogP contribution in [-0.2, 0) is 21.2 Å². The number of rotatable bonds is 8. The van der Waals surface area contributed by atoms with Crippen molar-refractivity contribution in [1.29, 1.82) is 0 Å². The molecule has 4 rings (SSSR count). The van der Waals surface area contributed by atoms with E-state index in [-0.39, 0.29) is 32.6 Å². The van der Waals surface area contributed by atoms with Crippen LogP contribution in [0.25, 0.3) is 0 Å². The number of carboxylic acids is 1. The summed E-state index contributed by atoms with van der Waals surface area (Å²) in [5.74, 6) is -2.08. The van der Waals surface area contributed by atoms with Gasteiger partial charge < -0.3 is 15.1 Å². The number of hydrogen-bond donors (Lipinski definition) is 4. The summed E-state index contributed by atoms with van der Waals surface area (Å²) < 4.78 is 33.3. The first-order valence-electron chi connectivity index (χ1n) is 10.1. The summed E-state index contributed by atoms with van der Waals surface area (Å²) in [5.41, 5.74) is 0.763. The maximum absolute atomic E-state index is 13.2. The van der Waals surface area contributed by atoms with Crippen LogP contribution in [0.15, 0.2) is 77.6 Å². The average Bonchev–Trinajstić information content (AvgIpc) is 3.30. The van der Waals surface area contributed by atoms with Crippen LogP contribution in [0, 0.1) is 0 Å². The molecule has 4 N–H and O–H groups in total. The van der Waals surface area contributed by atoms with Crippen molar-refractivity contribution in [2.45, 2.75) is 12.5 Å². The lowest BCUT2D eigenvalue weighted by Gasteiger charge is -2.22. The highest BCUT2D eigenvalue weighted by Gasteiger charge is 2.31. The number of amides is 1. The number of nitrogens with one attached hydrogen (secondary N) is 3. The van der Waals surface area contributed by atoms with Gasteiger partial charge in [-0.25, -0.2) is 13.2 Å². The van der Waals surface area contributed by atoms with Gasteiger partial charge in [-0.2, -0.15) is 0 Å². The third-order valence-electron chi connectivity index (χ3n) is 5.03. The van der Waals surface area contributed by atoms with Gasteiger partial charge in [0.15, 0.2) is 0 Å². The Morgan fingerprint density at radius 2 is 1.86 bits per heavy atom. The predicted octanol–water partition coefficient (Wildman–Crippen LogP) is 3.88. The van der Waals surface area contributed by atoms with E-state index >= 15 is 0 Å². The molecule has 0 bridgehead atoms. The quantitative estimate of drug-likeness (QED) is 0.363. The van der Waals surface area contributed by atoms with Gasteiger partial charge in [0.25, 0.3) is 15.9 Å². The second-order valence-electron chi connectivity index (χ2n) is 7.41. The Morgan fingerprint density at radius 3 is 2.57 bits per heavy atom. The number of hydrogen-bond acceptors (Lipinski definition) is 7. The molecule has 2 aliphatic heterocycles. The Bertz CT molecular complexity index is 1380. The van der Waals surface area contributed by atoms with Crippen molar-refractivity contribution in [3.05, 3.63) is 98.8 Å². The average molecular weight is 553 g/mol. The van der Waals surface area contributed by atoms with Crippen LogP contribution in [0.3, 0.4) is 0 Å². The summed E-state index contributed by atoms with van der Waals surface area (Å²) in [7, 11) is -4.17. The Labute approximate surface area is 215 Å². The lowest BCUT2D eigenvalue weighted by atomic mass is 10.1. The van der Waals surface area contributed by atoms with Gasteiger partial charge in [-0.1, -0.05) is 53.5 Å². The topological polar surface area (TPSA) is 128 Å². The second kappa shape index (κ2) is 10.2. The lowest BCUT2D eigenvalue weighted by molar-refractivity contribution is -0.139. The molecule has 0 fully saturated rings. The van der Waals surface area contributed by atoms with Crippen molar-refractivity contribution in [2.24, 2.45) is 0 Å². The number of carbonyl (C=O) groups is 2. The molecule has 0 aliphatic carbocycles. The Morgan fingerprint density at radius 1 is 1.14 bits per heavy atom. The summed E-state index contributed by atoms with van der Waals surface area (Å²) in [6.07, 6.45) is 6.22. The van der Waals surface area contributed by atoms with Crippen molar-refractivity contribution in [3.8, 4) is 0 Å². The molecule has 182 valence electrons. The van der Waals surface area contributed by atoms with Gasteiger partial charge in [-0.15, -0.1) is 0 Å². The Balaban J connectivity index is 1.63. The minimum absolute atomic E-state index is 0.000194. The van der Waals surface area contributed by atoms with Crippen LogP contribution in [0.5, 0.6) is 0 Å². The van der Waals surface area contributed by atoms with Crippen LogP contribution in [-0.4, -0.2) is 35.7 Å². The molecule has 35 heavy (non-hydrogen) atoms. The fourth-order valence-corrected chi connectivity index (χ4v) is 5.67. The van der Waals surface area contributed by atoms with Gasteiger partial charge in [0.1, 0.15) is 10.9 Å². The van der Waals surface area contributed by atoms with Gasteiger partial charge in [0.2, 0.25) is 0 Å². The van der Waals surface area contributed by atoms with E-state index in [1.807, 2.05) is 0 Å². The summed E-state index contributed by atoms with van der Waals surface area (Å²) in [6, 6.07) is 9.90. The van der Waals surface area contributed by atoms with E-state index in [1.165, 1.54) is 36.5 Å². The van der Waals surface area contributed by atoms with E-state index in [0.717, 1.165) is 0 Å². The van der Waals surface area contributed by atoms with Gasteiger partial charge in [-0.05, 0) is 29.8 Å². The molecular formula is C22H18Cl2N4O5S2. The number of halogens is 2. The minimum atomic E-state index is -4.17. The molecule has 1 amide bonds. The molecule has 0 saturated heterocycles. The van der Waals surface area contributed by atoms with E-state index in [1.54, 1.807) is 46.9 Å². The number of carboxylic acid groups (broad SMARTS) is 1. The number of nitrogens with zero attached hydrogens (tertiary/aromatic N) is 1. The number of anilines is 1. The van der Waals surface area contributed by atoms with E-state index in [4.69, 9.17) is 23.2 Å². The molecule has 0 saturated carbocycles. The van der Waals surface area contributed by atoms with Gasteiger partial charge in [0, 0.05) is 18.8 Å². The lowest BCUT2D eigenvalue weighted by Crippen LogP contribution is -2.42. The summed E-state index contributed by atoms with van der Waals surface area (Å²) >= 11 is 13.4. The molecule has 1 unspecified atom stereocenters. The van der Waals surface area contributed by atoms with Crippen LogP contribution in [0.4, 0.5) is 5.69 Å². The van der Waals surface area contributed by atoms with Crippen LogP contribution >= 0.6 is 35.3 Å². The van der Waals surface area contributed by atoms with E-state index in [0.29, 0.717) is 11.3 Å². The van der Waals surface area contributed by atoms with Crippen molar-refractivity contribution >= 4 is 62.9 Å². The first kappa shape index (κ1) is 25.0. The predicted molar refractivity (Wildman–Crippen MR) is 136 cm³/mol. The SMILES string of the molecule is O=C(NC(Cc1ccccc1)C(=O)O)c1cc(Cl)c(Cl)cc1NS(=O)(=O)C1=CC=CN2SNC=C12. The van der Waals surface area contributed by atoms with Crippen molar-refractivity contribution in [3.63, 3.8) is 0 Å². The smallest absolute Gasteiger partial charge is 0.326 e. The maximum atomic E-state index is 13.2. The Hall–Kier alpha value is -3.12. The molecule has 0 aromatic heterocycles. The van der Waals surface area contributed by atoms with Crippen molar-refractivity contribution in [2.75, 3.05) is 4.72 Å². The molecule has 0 spiro atoms. The molecule has 0 radical (unpaired) electrons. The van der Waals surface area contributed by atoms with E-state index < -0.39 is 27.9 Å². The standard InChI is InChI=1S/C22H18Cl2N4O5S2/c23-15-10-14(21(29)26-18(22(30)31)9-13-5-2-1-3-6-13)17(11-16(15)24)27-35(32,33)20-7-4-8-28-19(20)12-25-34-28/h1-8,10-12,18,25,27H,9H2,(H,26,29)(H,30,31). The first-order chi connectivity index (χ1) is 16.7. The summed E-state index contributed by atoms with van der Waals surface area (Å²) in [5, 5.41) is 12.1. The third kappa shape index (κ3) is 5.59. The highest BCUT2D eigenvalue weighted by atomic mass is 35.5. The van der Waals surface area contributed by atoms with E-state index in [9.17, 15) is 23.1 Å². The zero-order chi connectivity index (χ0) is 25.2. The minimum Gasteiger partial charge on any atom is -0.480 e. The first-order valence-corrected chi connectivity index (χ1v) is 13.1. The summed E-state index contributed by atoms with van der Waals surface area (Å²) in [4.78, 5) is 24.9. The molecule has 2 aromatic rings. The monoisotopic (exact) mass is 552 g/mol. The molecular weight excluding hydrogens is 535 g/mol. The number of aliphatic carboxylic acids is 1. The number of sulfonamides is 1. The molecule has 2 aliphatic rings. The zero-order valence-corrected chi connectivity index (χ0v) is 20.9. The highest BCUT2D eigenvalue weighted by Crippen LogP contribution is 2.35. The Kier molecular flexibility index (Phi) is 7.31. The zero-order valence-electron chi connectivity index (χ0n) is 17.7. The van der Waals surface area contributed by atoms with Gasteiger partial charge in [-0.3, -0.25) is 13.8 Å². The maximum Gasteiger partial charge on any atom is 0.326 e. The molecule has 13 heteroatoms. The van der Waals surface area contributed by atoms with Crippen molar-refractivity contribution in [1.82, 2.24) is 14.3 Å². The normalized spacial score (nSPS) is 15.4. The number of allylic oxidation sites excluding steroid dienone is 2. The third-order valence-corrected chi connectivity index (χ3v) is 7.90. The largest absolute Gasteiger partial charge is 0.480 e. The number of benzene rings is 2. The molecule has 2 aromatic carbocycles. The number of fused-ring (bicyclic) bond motifs is 1. The van der Waals surface area contributed by atoms with Crippen LogP contribution < -0.4 is 14.8 Å². The van der Waals surface area contributed by atoms with Gasteiger partial charge in [0.05, 0.1) is 39.1 Å². The second-order valence-corrected chi connectivity index (χ2v) is 10.7. The van der Waals surface area contributed by atoms with Crippen molar-refractivity contribution < 1.29 is 23.1 Å². The molecule has 2 heterocycles. The van der Waals surface area contributed by atoms with Crippen LogP contribution in [0.2, 0.25) is 10.0 Å². The number of carbonyl (C=O) groups excluding carboxylic acids is 1. The van der Waals surface area contributed by atoms with E-state index in [2.05, 4.69) is 14.8 Å². The fourth-order valence-electron chi connectivity index (χ4n) is 3.37. The molecule has 1 atom stereocenters. The molecule has 9 nitrogen and oxygen atoms in total. The highest BCUT2D eigenvalue weighted by molar-refractivity contribution is 7.97. The van der Waals surface area contributed by atoms with Gasteiger partial charge >= 0.3 is 5.97 Å². The summed E-state index contributed by atoms with van der Waals surface area (Å²) in [6.45, 7) is 0. The van der Waals surface area contributed by atoms with Crippen LogP contribution in [0.1, 0.15) is 15.9 Å². The fraction of sp³-hybridized carbons (Fsp3) is 0.0909.